The van der Waals surface area contributed by atoms with Crippen LogP contribution in [0.3, 0.4) is 0 Å². The average molecular weight is 218 g/mol. The Morgan fingerprint density at radius 3 is 2.93 bits per heavy atom. The van der Waals surface area contributed by atoms with Gasteiger partial charge in [0.1, 0.15) is 0 Å². The van der Waals surface area contributed by atoms with Crippen molar-refractivity contribution in [3.63, 3.8) is 0 Å². The van der Waals surface area contributed by atoms with Gasteiger partial charge >= 0.3 is 0 Å². The topological polar surface area (TPSA) is 22.1 Å². The van der Waals surface area contributed by atoms with Crippen LogP contribution in [0, 0.1) is 5.82 Å². The highest BCUT2D eigenvalue weighted by Gasteiger charge is 2.09. The number of pyridine rings is 1. The van der Waals surface area contributed by atoms with E-state index in [1.165, 1.54) is 12.3 Å². The second kappa shape index (κ2) is 5.15. The van der Waals surface area contributed by atoms with Crippen molar-refractivity contribution in [3.05, 3.63) is 23.1 Å². The molecule has 2 nitrogen and oxygen atoms in total. The number of aromatic nitrogens is 1. The summed E-state index contributed by atoms with van der Waals surface area (Å²) in [5, 5.41) is 0.276. The molecule has 1 atom stereocenters. The maximum absolute atomic E-state index is 13.2. The molecule has 1 rings (SSSR count). The van der Waals surface area contributed by atoms with Crippen LogP contribution in [0.2, 0.25) is 5.02 Å². The Morgan fingerprint density at radius 1 is 1.64 bits per heavy atom. The molecule has 0 N–H and O–H groups in total. The summed E-state index contributed by atoms with van der Waals surface area (Å²) in [6.07, 6.45) is 3.22. The van der Waals surface area contributed by atoms with E-state index >= 15 is 0 Å². The third-order valence-corrected chi connectivity index (χ3v) is 1.99. The summed E-state index contributed by atoms with van der Waals surface area (Å²) in [6, 6.07) is 1.20. The number of hydrogen-bond acceptors (Lipinski definition) is 2. The van der Waals surface area contributed by atoms with E-state index in [9.17, 15) is 4.39 Å². The molecule has 4 heteroatoms. The Labute approximate surface area is 88.1 Å². The highest BCUT2D eigenvalue weighted by Crippen LogP contribution is 2.19. The number of hydrogen-bond donors (Lipinski definition) is 0. The maximum atomic E-state index is 13.2. The number of nitrogens with zero attached hydrogens (tertiary/aromatic N) is 1. The van der Waals surface area contributed by atoms with Gasteiger partial charge in [0.15, 0.2) is 5.82 Å². The van der Waals surface area contributed by atoms with Crippen LogP contribution in [0.4, 0.5) is 4.39 Å². The Kier molecular flexibility index (Phi) is 4.14. The molecule has 0 aliphatic rings. The molecule has 1 heterocycles. The third kappa shape index (κ3) is 3.14. The fourth-order valence-corrected chi connectivity index (χ4v) is 1.29. The minimum atomic E-state index is -0.513. The SMILES string of the molecule is CCCC(C)Oc1ncc(Cl)cc1F. The molecule has 14 heavy (non-hydrogen) atoms. The van der Waals surface area contributed by atoms with Crippen molar-refractivity contribution < 1.29 is 9.13 Å². The van der Waals surface area contributed by atoms with Crippen LogP contribution < -0.4 is 4.74 Å². The van der Waals surface area contributed by atoms with E-state index in [-0.39, 0.29) is 17.0 Å². The second-order valence-electron chi connectivity index (χ2n) is 3.16. The lowest BCUT2D eigenvalue weighted by molar-refractivity contribution is 0.192. The zero-order valence-corrected chi connectivity index (χ0v) is 9.01. The summed E-state index contributed by atoms with van der Waals surface area (Å²) in [5.41, 5.74) is 0. The lowest BCUT2D eigenvalue weighted by Gasteiger charge is -2.12. The quantitative estimate of drug-likeness (QED) is 0.771. The highest BCUT2D eigenvalue weighted by molar-refractivity contribution is 6.30. The van der Waals surface area contributed by atoms with E-state index in [0.717, 1.165) is 12.8 Å². The molecule has 0 amide bonds. The molecule has 0 aliphatic heterocycles. The van der Waals surface area contributed by atoms with Crippen LogP contribution in [0.1, 0.15) is 26.7 Å². The van der Waals surface area contributed by atoms with Crippen molar-refractivity contribution in [3.8, 4) is 5.88 Å². The van der Waals surface area contributed by atoms with E-state index in [1.54, 1.807) is 0 Å². The maximum Gasteiger partial charge on any atom is 0.250 e. The Hall–Kier alpha value is -0.830. The smallest absolute Gasteiger partial charge is 0.250 e. The van der Waals surface area contributed by atoms with E-state index < -0.39 is 5.82 Å². The molecule has 78 valence electrons. The molecular weight excluding hydrogens is 205 g/mol. The fourth-order valence-electron chi connectivity index (χ4n) is 1.14. The van der Waals surface area contributed by atoms with Crippen molar-refractivity contribution in [2.24, 2.45) is 0 Å². The molecular formula is C10H13ClFNO. The van der Waals surface area contributed by atoms with Crippen molar-refractivity contribution in [1.29, 1.82) is 0 Å². The first-order valence-corrected chi connectivity index (χ1v) is 4.99. The first-order chi connectivity index (χ1) is 6.63. The predicted octanol–water partition coefficient (Wildman–Crippen LogP) is 3.44. The van der Waals surface area contributed by atoms with Crippen LogP contribution in [-0.4, -0.2) is 11.1 Å². The molecule has 1 aromatic rings. The van der Waals surface area contributed by atoms with Crippen molar-refractivity contribution in [2.45, 2.75) is 32.8 Å². The van der Waals surface area contributed by atoms with E-state index in [1.807, 2.05) is 13.8 Å². The Balaban J connectivity index is 2.67. The van der Waals surface area contributed by atoms with Crippen LogP contribution in [0.25, 0.3) is 0 Å². The summed E-state index contributed by atoms with van der Waals surface area (Å²) >= 11 is 5.56. The molecule has 1 aromatic heterocycles. The van der Waals surface area contributed by atoms with E-state index in [2.05, 4.69) is 4.98 Å². The lowest BCUT2D eigenvalue weighted by Crippen LogP contribution is -2.12. The first kappa shape index (κ1) is 11.2. The van der Waals surface area contributed by atoms with Gasteiger partial charge in [0, 0.05) is 6.20 Å². The summed E-state index contributed by atoms with van der Waals surface area (Å²) in [5.74, 6) is -0.490. The van der Waals surface area contributed by atoms with Gasteiger partial charge in [0.2, 0.25) is 0 Å². The van der Waals surface area contributed by atoms with Gasteiger partial charge in [-0.25, -0.2) is 9.37 Å². The minimum Gasteiger partial charge on any atom is -0.473 e. The summed E-state index contributed by atoms with van der Waals surface area (Å²) in [4.78, 5) is 3.77. The summed E-state index contributed by atoms with van der Waals surface area (Å²) < 4.78 is 18.5. The van der Waals surface area contributed by atoms with Gasteiger partial charge in [-0.3, -0.25) is 0 Å². The third-order valence-electron chi connectivity index (χ3n) is 1.78. The average Bonchev–Trinajstić information content (AvgIpc) is 2.10. The summed E-state index contributed by atoms with van der Waals surface area (Å²) in [6.45, 7) is 3.94. The first-order valence-electron chi connectivity index (χ1n) is 4.61. The monoisotopic (exact) mass is 217 g/mol. The zero-order chi connectivity index (χ0) is 10.6. The van der Waals surface area contributed by atoms with Crippen molar-refractivity contribution in [2.75, 3.05) is 0 Å². The molecule has 0 spiro atoms. The van der Waals surface area contributed by atoms with Gasteiger partial charge in [-0.05, 0) is 19.4 Å². The van der Waals surface area contributed by atoms with Gasteiger partial charge in [-0.2, -0.15) is 0 Å². The van der Waals surface area contributed by atoms with Gasteiger partial charge in [-0.1, -0.05) is 24.9 Å². The summed E-state index contributed by atoms with van der Waals surface area (Å²) in [7, 11) is 0. The van der Waals surface area contributed by atoms with Gasteiger partial charge in [0.05, 0.1) is 11.1 Å². The largest absolute Gasteiger partial charge is 0.473 e. The number of ether oxygens (including phenoxy) is 1. The molecule has 0 saturated heterocycles. The molecule has 0 bridgehead atoms. The second-order valence-corrected chi connectivity index (χ2v) is 3.59. The molecule has 0 aliphatic carbocycles. The van der Waals surface area contributed by atoms with E-state index in [4.69, 9.17) is 16.3 Å². The standard InChI is InChI=1S/C10H13ClFNO/c1-3-4-7(2)14-10-9(12)5-8(11)6-13-10/h5-7H,3-4H2,1-2H3. The van der Waals surface area contributed by atoms with Crippen LogP contribution >= 0.6 is 11.6 Å². The molecule has 0 fully saturated rings. The molecule has 0 radical (unpaired) electrons. The fraction of sp³-hybridized carbons (Fsp3) is 0.500. The van der Waals surface area contributed by atoms with Gasteiger partial charge in [-0.15, -0.1) is 0 Å². The molecule has 0 saturated carbocycles. The lowest BCUT2D eigenvalue weighted by atomic mass is 10.2. The minimum absolute atomic E-state index is 0.0235. The zero-order valence-electron chi connectivity index (χ0n) is 8.26. The van der Waals surface area contributed by atoms with Crippen LogP contribution in [0.5, 0.6) is 5.88 Å². The highest BCUT2D eigenvalue weighted by atomic mass is 35.5. The number of halogens is 2. The van der Waals surface area contributed by atoms with Crippen LogP contribution in [-0.2, 0) is 0 Å². The van der Waals surface area contributed by atoms with Crippen molar-refractivity contribution >= 4 is 11.6 Å². The molecule has 0 aromatic carbocycles. The Morgan fingerprint density at radius 2 is 2.36 bits per heavy atom. The predicted molar refractivity (Wildman–Crippen MR) is 54.2 cm³/mol. The Bertz CT molecular complexity index is 306. The van der Waals surface area contributed by atoms with E-state index in [0.29, 0.717) is 0 Å². The normalized spacial score (nSPS) is 12.6. The van der Waals surface area contributed by atoms with Crippen molar-refractivity contribution in [1.82, 2.24) is 4.98 Å². The number of rotatable bonds is 4. The van der Waals surface area contributed by atoms with Crippen LogP contribution in [0.15, 0.2) is 12.3 Å². The molecule has 1 unspecified atom stereocenters. The van der Waals surface area contributed by atoms with Gasteiger partial charge in [0.25, 0.3) is 5.88 Å². The van der Waals surface area contributed by atoms with Gasteiger partial charge < -0.3 is 4.74 Å².